The van der Waals surface area contributed by atoms with Crippen molar-refractivity contribution in [3.05, 3.63) is 39.9 Å². The Hall–Kier alpha value is -1.99. The third-order valence-corrected chi connectivity index (χ3v) is 12.5. The first-order chi connectivity index (χ1) is 17.3. The molecule has 0 bridgehead atoms. The maximum atomic E-state index is 13.5. The van der Waals surface area contributed by atoms with Crippen LogP contribution in [0.4, 0.5) is 10.5 Å². The summed E-state index contributed by atoms with van der Waals surface area (Å²) in [5.41, 5.74) is 0.603. The van der Waals surface area contributed by atoms with Gasteiger partial charge in [0.2, 0.25) is 0 Å². The van der Waals surface area contributed by atoms with E-state index < -0.39 is 25.4 Å². The maximum absolute atomic E-state index is 13.5. The van der Waals surface area contributed by atoms with E-state index in [9.17, 15) is 19.7 Å². The minimum absolute atomic E-state index is 0.0288. The number of non-ortho nitro benzene ring substituents is 1. The molecule has 206 valence electrons. The summed E-state index contributed by atoms with van der Waals surface area (Å²) in [6.45, 7) is 14.9. The van der Waals surface area contributed by atoms with Crippen LogP contribution in [0.3, 0.4) is 0 Å². The summed E-state index contributed by atoms with van der Waals surface area (Å²) in [7, 11) is -1.83. The molecular formula is C25H40N4O6SSi. The number of carbonyl (C=O) groups excluding carboxylic acids is 2. The van der Waals surface area contributed by atoms with E-state index in [1.54, 1.807) is 12.1 Å². The fraction of sp³-hybridized carbons (Fsp3) is 0.680. The molecule has 3 unspecified atom stereocenters. The van der Waals surface area contributed by atoms with E-state index in [0.29, 0.717) is 38.2 Å². The van der Waals surface area contributed by atoms with Crippen molar-refractivity contribution in [1.29, 1.82) is 0 Å². The molecule has 0 spiro atoms. The first-order valence-electron chi connectivity index (χ1n) is 12.8. The Morgan fingerprint density at radius 3 is 2.51 bits per heavy atom. The number of ether oxygens (including phenoxy) is 1. The number of benzene rings is 1. The lowest BCUT2D eigenvalue weighted by atomic mass is 10.0. The Balaban J connectivity index is 1.54. The van der Waals surface area contributed by atoms with Crippen LogP contribution in [0.25, 0.3) is 0 Å². The number of nitrogens with one attached hydrogen (secondary N) is 1. The van der Waals surface area contributed by atoms with Crippen molar-refractivity contribution in [1.82, 2.24) is 15.1 Å². The van der Waals surface area contributed by atoms with E-state index in [0.717, 1.165) is 13.1 Å². The number of Topliss-reactive ketones (excluding diaryl/α,β-unsaturated/α-hetero) is 1. The lowest BCUT2D eigenvalue weighted by molar-refractivity contribution is -0.384. The van der Waals surface area contributed by atoms with E-state index in [4.69, 9.17) is 9.16 Å². The van der Waals surface area contributed by atoms with E-state index in [-0.39, 0.29) is 34.4 Å². The third kappa shape index (κ3) is 7.76. The number of rotatable bonds is 9. The Bertz CT molecular complexity index is 971. The smallest absolute Gasteiger partial charge is 0.410 e. The number of piperazine rings is 1. The van der Waals surface area contributed by atoms with Crippen molar-refractivity contribution in [3.63, 3.8) is 0 Å². The maximum Gasteiger partial charge on any atom is 0.410 e. The van der Waals surface area contributed by atoms with Crippen LogP contribution in [0.15, 0.2) is 24.3 Å². The molecule has 0 radical (unpaired) electrons. The number of nitro groups is 1. The molecule has 1 amide bonds. The molecule has 3 rings (SSSR count). The molecule has 0 aromatic heterocycles. The summed E-state index contributed by atoms with van der Waals surface area (Å²) in [6, 6.07) is 4.85. The highest BCUT2D eigenvalue weighted by Gasteiger charge is 2.42. The zero-order chi connectivity index (χ0) is 27.4. The lowest BCUT2D eigenvalue weighted by Gasteiger charge is -2.38. The summed E-state index contributed by atoms with van der Waals surface area (Å²) < 4.78 is 11.8. The van der Waals surface area contributed by atoms with Crippen molar-refractivity contribution in [2.24, 2.45) is 0 Å². The summed E-state index contributed by atoms with van der Waals surface area (Å²) in [4.78, 5) is 40.4. The number of likely N-dealkylation sites (tertiary alicyclic amines) is 1. The second-order valence-electron chi connectivity index (χ2n) is 11.4. The molecule has 2 fully saturated rings. The highest BCUT2D eigenvalue weighted by molar-refractivity contribution is 7.81. The largest absolute Gasteiger partial charge is 0.445 e. The summed E-state index contributed by atoms with van der Waals surface area (Å²) in [6.07, 6.45) is -0.106. The van der Waals surface area contributed by atoms with Gasteiger partial charge in [-0.3, -0.25) is 24.7 Å². The van der Waals surface area contributed by atoms with Crippen molar-refractivity contribution < 1.29 is 23.7 Å². The second kappa shape index (κ2) is 12.2. The van der Waals surface area contributed by atoms with Crippen LogP contribution in [0, 0.1) is 10.1 Å². The van der Waals surface area contributed by atoms with Gasteiger partial charge in [0.05, 0.1) is 17.0 Å². The summed E-state index contributed by atoms with van der Waals surface area (Å²) in [5.74, 6) is -0.0288. The molecule has 2 saturated heterocycles. The quantitative estimate of drug-likeness (QED) is 0.207. The van der Waals surface area contributed by atoms with Crippen molar-refractivity contribution in [3.8, 4) is 0 Å². The van der Waals surface area contributed by atoms with E-state index >= 15 is 0 Å². The first kappa shape index (κ1) is 29.6. The normalized spacial score (nSPS) is 23.2. The van der Waals surface area contributed by atoms with E-state index in [1.165, 1.54) is 17.0 Å². The predicted octanol–water partition coefficient (Wildman–Crippen LogP) is 3.47. The molecule has 3 atom stereocenters. The molecule has 0 saturated carbocycles. The van der Waals surface area contributed by atoms with Gasteiger partial charge in [-0.15, -0.1) is 0 Å². The van der Waals surface area contributed by atoms with Crippen LogP contribution >= 0.6 is 12.6 Å². The molecule has 1 N–H and O–H groups in total. The van der Waals surface area contributed by atoms with Gasteiger partial charge in [-0.1, -0.05) is 20.8 Å². The molecule has 12 heteroatoms. The minimum Gasteiger partial charge on any atom is -0.445 e. The minimum atomic E-state index is -1.83. The van der Waals surface area contributed by atoms with Crippen LogP contribution in [0.5, 0.6) is 0 Å². The molecular weight excluding hydrogens is 512 g/mol. The molecule has 10 nitrogen and oxygen atoms in total. The van der Waals surface area contributed by atoms with Gasteiger partial charge in [0.25, 0.3) is 5.69 Å². The average Bonchev–Trinajstić information content (AvgIpc) is 3.23. The lowest BCUT2D eigenvalue weighted by Crippen LogP contribution is -2.58. The van der Waals surface area contributed by atoms with Crippen molar-refractivity contribution >= 4 is 38.5 Å². The molecule has 1 aromatic carbocycles. The highest BCUT2D eigenvalue weighted by atomic mass is 32.1. The molecule has 2 aliphatic rings. The monoisotopic (exact) mass is 552 g/mol. The molecule has 37 heavy (non-hydrogen) atoms. The Labute approximate surface area is 225 Å². The second-order valence-corrected chi connectivity index (χ2v) is 16.9. The number of carbonyl (C=O) groups is 2. The number of nitro benzene ring substituents is 1. The summed E-state index contributed by atoms with van der Waals surface area (Å²) in [5, 5.41) is 14.2. The van der Waals surface area contributed by atoms with Crippen LogP contribution in [0.2, 0.25) is 18.1 Å². The topological polar surface area (TPSA) is 114 Å². The number of hydrogen-bond donors (Lipinski definition) is 2. The fourth-order valence-corrected chi connectivity index (χ4v) is 5.72. The zero-order valence-electron chi connectivity index (χ0n) is 22.4. The number of amides is 1. The van der Waals surface area contributed by atoms with Gasteiger partial charge in [-0.25, -0.2) is 4.79 Å². The van der Waals surface area contributed by atoms with Gasteiger partial charge in [0.15, 0.2) is 14.1 Å². The van der Waals surface area contributed by atoms with Crippen LogP contribution in [-0.2, 0) is 20.6 Å². The Morgan fingerprint density at radius 2 is 1.89 bits per heavy atom. The predicted molar refractivity (Wildman–Crippen MR) is 148 cm³/mol. The van der Waals surface area contributed by atoms with Gasteiger partial charge >= 0.3 is 6.09 Å². The van der Waals surface area contributed by atoms with Crippen molar-refractivity contribution in [2.45, 2.75) is 69.3 Å². The number of ketones is 1. The third-order valence-electron chi connectivity index (χ3n) is 7.63. The van der Waals surface area contributed by atoms with Gasteiger partial charge < -0.3 is 14.5 Å². The fourth-order valence-electron chi connectivity index (χ4n) is 4.31. The van der Waals surface area contributed by atoms with Crippen LogP contribution in [-0.4, -0.2) is 91.6 Å². The first-order valence-corrected chi connectivity index (χ1v) is 16.2. The van der Waals surface area contributed by atoms with Gasteiger partial charge in [0.1, 0.15) is 6.61 Å². The SMILES string of the molecule is CC(C)(C)[Si](C)(C)OCCN1CCNC(C(=O)C2CC(S)CN2C(=O)OCc2ccc([N+](=O)[O-])cc2)C1. The van der Waals surface area contributed by atoms with Gasteiger partial charge in [0, 0.05) is 56.7 Å². The van der Waals surface area contributed by atoms with E-state index in [2.05, 4.69) is 56.7 Å². The Kier molecular flexibility index (Phi) is 9.78. The van der Waals surface area contributed by atoms with Gasteiger partial charge in [-0.05, 0) is 42.2 Å². The van der Waals surface area contributed by atoms with Crippen LogP contribution in [0.1, 0.15) is 32.8 Å². The van der Waals surface area contributed by atoms with Crippen molar-refractivity contribution in [2.75, 3.05) is 39.3 Å². The number of thiol groups is 1. The van der Waals surface area contributed by atoms with E-state index in [1.807, 2.05) is 0 Å². The molecule has 0 aliphatic carbocycles. The highest BCUT2D eigenvalue weighted by Crippen LogP contribution is 2.36. The number of hydrogen-bond acceptors (Lipinski definition) is 9. The molecule has 2 aliphatic heterocycles. The standard InChI is InChI=1S/C25H40N4O6SSi/c1-25(2,3)37(4,5)35-13-12-27-11-10-26-21(16-27)23(30)22-14-20(36)15-28(22)24(31)34-17-18-6-8-19(9-7-18)29(32)33/h6-9,20-22,26,36H,10-17H2,1-5H3. The molecule has 1 aromatic rings. The number of nitrogens with zero attached hydrogens (tertiary/aromatic N) is 3. The average molecular weight is 553 g/mol. The van der Waals surface area contributed by atoms with Crippen LogP contribution < -0.4 is 5.32 Å². The Morgan fingerprint density at radius 1 is 1.22 bits per heavy atom. The summed E-state index contributed by atoms with van der Waals surface area (Å²) >= 11 is 4.54. The zero-order valence-corrected chi connectivity index (χ0v) is 24.3. The molecule has 2 heterocycles. The van der Waals surface area contributed by atoms with Gasteiger partial charge in [-0.2, -0.15) is 12.6 Å².